The van der Waals surface area contributed by atoms with E-state index in [0.717, 1.165) is 43.4 Å². The summed E-state index contributed by atoms with van der Waals surface area (Å²) in [5.41, 5.74) is 2.50. The lowest BCUT2D eigenvalue weighted by Crippen LogP contribution is -2.61. The van der Waals surface area contributed by atoms with Gasteiger partial charge in [-0.15, -0.1) is 24.8 Å². The molecule has 1 unspecified atom stereocenters. The summed E-state index contributed by atoms with van der Waals surface area (Å²) in [6.07, 6.45) is 3.61. The van der Waals surface area contributed by atoms with E-state index in [1.54, 1.807) is 6.20 Å². The molecule has 4 heterocycles. The van der Waals surface area contributed by atoms with Crippen molar-refractivity contribution in [1.29, 1.82) is 0 Å². The van der Waals surface area contributed by atoms with Crippen LogP contribution in [0.2, 0.25) is 0 Å². The third-order valence-electron chi connectivity index (χ3n) is 8.57. The Morgan fingerprint density at radius 1 is 1.17 bits per heavy atom. The second-order valence-electron chi connectivity index (χ2n) is 12.1. The molecule has 1 N–H and O–H groups in total. The average molecular weight is 613 g/mol. The molecule has 0 bridgehead atoms. The highest BCUT2D eigenvalue weighted by atomic mass is 35.5. The molecule has 0 radical (unpaired) electrons. The molecule has 0 aliphatic carbocycles. The molecule has 0 saturated carbocycles. The van der Waals surface area contributed by atoms with E-state index in [1.807, 2.05) is 15.9 Å². The molecule has 41 heavy (non-hydrogen) atoms. The van der Waals surface area contributed by atoms with Gasteiger partial charge in [0.05, 0.1) is 12.2 Å². The van der Waals surface area contributed by atoms with E-state index in [1.165, 1.54) is 12.1 Å². The molecule has 2 amide bonds. The predicted octanol–water partition coefficient (Wildman–Crippen LogP) is 4.34. The number of nitrogens with zero attached hydrogens (tertiary/aromatic N) is 4. The van der Waals surface area contributed by atoms with Gasteiger partial charge in [0.2, 0.25) is 11.8 Å². The zero-order valence-electron chi connectivity index (χ0n) is 24.2. The van der Waals surface area contributed by atoms with Crippen LogP contribution in [0.4, 0.5) is 14.5 Å². The lowest BCUT2D eigenvalue weighted by molar-refractivity contribution is -0.128. The van der Waals surface area contributed by atoms with Crippen LogP contribution in [0.3, 0.4) is 0 Å². The molecule has 3 aliphatic rings. The highest BCUT2D eigenvalue weighted by Crippen LogP contribution is 2.40. The Morgan fingerprint density at radius 3 is 2.61 bits per heavy atom. The number of carbonyl (C=O) groups is 2. The van der Waals surface area contributed by atoms with Crippen molar-refractivity contribution in [3.8, 4) is 0 Å². The molecule has 3 atom stereocenters. The summed E-state index contributed by atoms with van der Waals surface area (Å²) >= 11 is 0. The SMILES string of the molecule is CCC1CC(=O)N(C[C@H]2CN[C@H](C)CN2CC(=O)N2CC(C)(C)c3cnc(Cc4ccc(F)cc4F)cc32)C1.Cl.Cl. The van der Waals surface area contributed by atoms with Crippen LogP contribution in [0.5, 0.6) is 0 Å². The molecule has 1 aromatic carbocycles. The number of benzene rings is 1. The summed E-state index contributed by atoms with van der Waals surface area (Å²) in [6.45, 7) is 12.1. The first-order valence-corrected chi connectivity index (χ1v) is 14.0. The van der Waals surface area contributed by atoms with Gasteiger partial charge in [0.1, 0.15) is 11.6 Å². The van der Waals surface area contributed by atoms with Crippen LogP contribution in [0.1, 0.15) is 57.4 Å². The van der Waals surface area contributed by atoms with E-state index in [0.29, 0.717) is 36.7 Å². The molecule has 2 saturated heterocycles. The van der Waals surface area contributed by atoms with Crippen molar-refractivity contribution in [2.45, 2.75) is 64.5 Å². The Labute approximate surface area is 253 Å². The first kappa shape index (κ1) is 33.2. The summed E-state index contributed by atoms with van der Waals surface area (Å²) in [7, 11) is 0. The fraction of sp³-hybridized carbons (Fsp3) is 0.567. The number of halogens is 4. The first-order valence-electron chi connectivity index (χ1n) is 14.0. The largest absolute Gasteiger partial charge is 0.341 e. The van der Waals surface area contributed by atoms with Crippen LogP contribution in [-0.2, 0) is 21.4 Å². The molecular formula is C30H41Cl2F2N5O2. The van der Waals surface area contributed by atoms with Crippen molar-refractivity contribution in [2.24, 2.45) is 5.92 Å². The number of likely N-dealkylation sites (tertiary alicyclic amines) is 1. The van der Waals surface area contributed by atoms with Crippen molar-refractivity contribution in [2.75, 3.05) is 44.2 Å². The Bertz CT molecular complexity index is 1260. The standard InChI is InChI=1S/C30H39F2N5O2.2ClH/c1-5-20-8-28(38)36(15-20)16-24-12-33-19(2)14-35(24)17-29(39)37-18-30(3,4)25-13-34-23(11-27(25)37)9-21-6-7-22(31)10-26(21)32;;/h6-7,10-11,13,19-20,24,33H,5,8-9,12,14-18H2,1-4H3;2*1H/t19-,20?,24-;;/m1../s1. The zero-order valence-corrected chi connectivity index (χ0v) is 25.8. The highest BCUT2D eigenvalue weighted by molar-refractivity contribution is 5.97. The number of hydrogen-bond donors (Lipinski definition) is 1. The zero-order chi connectivity index (χ0) is 27.9. The Kier molecular flexibility index (Phi) is 10.8. The van der Waals surface area contributed by atoms with Gasteiger partial charge in [-0.05, 0) is 30.5 Å². The minimum atomic E-state index is -0.614. The van der Waals surface area contributed by atoms with E-state index in [9.17, 15) is 18.4 Å². The first-order chi connectivity index (χ1) is 18.5. The van der Waals surface area contributed by atoms with Gasteiger partial charge in [-0.3, -0.25) is 19.5 Å². The lowest BCUT2D eigenvalue weighted by atomic mass is 9.88. The molecule has 2 aromatic rings. The van der Waals surface area contributed by atoms with Crippen LogP contribution in [0.15, 0.2) is 30.5 Å². The maximum absolute atomic E-state index is 14.3. The van der Waals surface area contributed by atoms with Gasteiger partial charge < -0.3 is 15.1 Å². The highest BCUT2D eigenvalue weighted by Gasteiger charge is 2.40. The van der Waals surface area contributed by atoms with E-state index in [-0.39, 0.29) is 67.1 Å². The summed E-state index contributed by atoms with van der Waals surface area (Å²) in [5.74, 6) is -0.593. The van der Waals surface area contributed by atoms with Gasteiger partial charge in [-0.25, -0.2) is 8.78 Å². The van der Waals surface area contributed by atoms with E-state index in [2.05, 4.69) is 42.9 Å². The van der Waals surface area contributed by atoms with E-state index < -0.39 is 11.6 Å². The quantitative estimate of drug-likeness (QED) is 0.504. The molecule has 5 rings (SSSR count). The molecule has 1 aromatic heterocycles. The number of piperazine rings is 1. The van der Waals surface area contributed by atoms with E-state index in [4.69, 9.17) is 0 Å². The van der Waals surface area contributed by atoms with Crippen LogP contribution in [0, 0.1) is 17.6 Å². The average Bonchev–Trinajstić information content (AvgIpc) is 3.38. The predicted molar refractivity (Wildman–Crippen MR) is 161 cm³/mol. The Balaban J connectivity index is 0.00000231. The molecule has 226 valence electrons. The second-order valence-corrected chi connectivity index (χ2v) is 12.1. The topological polar surface area (TPSA) is 68.8 Å². The number of rotatable bonds is 7. The van der Waals surface area contributed by atoms with Gasteiger partial charge in [0.25, 0.3) is 0 Å². The maximum Gasteiger partial charge on any atom is 0.241 e. The third-order valence-corrected chi connectivity index (χ3v) is 8.57. The normalized spacial score (nSPS) is 23.7. The fourth-order valence-corrected chi connectivity index (χ4v) is 6.20. The summed E-state index contributed by atoms with van der Waals surface area (Å²) in [4.78, 5) is 37.0. The number of fused-ring (bicyclic) bond motifs is 1. The number of anilines is 1. The fourth-order valence-electron chi connectivity index (χ4n) is 6.20. The number of carbonyl (C=O) groups excluding carboxylic acids is 2. The minimum absolute atomic E-state index is 0. The Hall–Kier alpha value is -2.33. The molecule has 11 heteroatoms. The van der Waals surface area contributed by atoms with Crippen molar-refractivity contribution in [3.05, 3.63) is 58.9 Å². The smallest absolute Gasteiger partial charge is 0.241 e. The van der Waals surface area contributed by atoms with Crippen molar-refractivity contribution < 1.29 is 18.4 Å². The molecule has 7 nitrogen and oxygen atoms in total. The second kappa shape index (κ2) is 13.3. The molecule has 2 fully saturated rings. The summed E-state index contributed by atoms with van der Waals surface area (Å²) in [6, 6.07) is 5.74. The van der Waals surface area contributed by atoms with Gasteiger partial charge in [0.15, 0.2) is 0 Å². The van der Waals surface area contributed by atoms with Gasteiger partial charge >= 0.3 is 0 Å². The molecular weight excluding hydrogens is 571 g/mol. The van der Waals surface area contributed by atoms with E-state index >= 15 is 0 Å². The number of aromatic nitrogens is 1. The van der Waals surface area contributed by atoms with Crippen LogP contribution < -0.4 is 10.2 Å². The van der Waals surface area contributed by atoms with Gasteiger partial charge in [0, 0.05) is 86.6 Å². The Morgan fingerprint density at radius 2 is 1.93 bits per heavy atom. The minimum Gasteiger partial charge on any atom is -0.341 e. The van der Waals surface area contributed by atoms with Crippen molar-refractivity contribution in [1.82, 2.24) is 20.1 Å². The van der Waals surface area contributed by atoms with Crippen LogP contribution in [-0.4, -0.2) is 78.0 Å². The van der Waals surface area contributed by atoms with Crippen LogP contribution in [0.25, 0.3) is 0 Å². The molecule has 0 spiro atoms. The van der Waals surface area contributed by atoms with Gasteiger partial charge in [-0.2, -0.15) is 0 Å². The van der Waals surface area contributed by atoms with Crippen molar-refractivity contribution in [3.63, 3.8) is 0 Å². The number of hydrogen-bond acceptors (Lipinski definition) is 5. The van der Waals surface area contributed by atoms with Crippen molar-refractivity contribution >= 4 is 42.3 Å². The maximum atomic E-state index is 14.3. The summed E-state index contributed by atoms with van der Waals surface area (Å²) < 4.78 is 27.7. The molecule has 3 aliphatic heterocycles. The lowest BCUT2D eigenvalue weighted by Gasteiger charge is -2.41. The van der Waals surface area contributed by atoms with Crippen LogP contribution >= 0.6 is 24.8 Å². The number of pyridine rings is 1. The van der Waals surface area contributed by atoms with Gasteiger partial charge in [-0.1, -0.05) is 33.3 Å². The monoisotopic (exact) mass is 611 g/mol. The number of nitrogens with one attached hydrogen (secondary N) is 1. The summed E-state index contributed by atoms with van der Waals surface area (Å²) in [5, 5.41) is 3.52. The number of amides is 2. The third kappa shape index (κ3) is 7.19.